The Labute approximate surface area is 127 Å². The second-order valence-electron chi connectivity index (χ2n) is 4.63. The van der Waals surface area contributed by atoms with Crippen LogP contribution in [0.5, 0.6) is 5.75 Å². The highest BCUT2D eigenvalue weighted by Gasteiger charge is 2.06. The fourth-order valence-corrected chi connectivity index (χ4v) is 2.55. The van der Waals surface area contributed by atoms with Crippen molar-refractivity contribution in [3.63, 3.8) is 0 Å². The first-order chi connectivity index (χ1) is 9.79. The molecule has 4 heteroatoms. The molecular formula is C16H27NO2S. The topological polar surface area (TPSA) is 30.5 Å². The van der Waals surface area contributed by atoms with E-state index in [1.807, 2.05) is 11.8 Å². The van der Waals surface area contributed by atoms with Gasteiger partial charge in [-0.1, -0.05) is 25.1 Å². The lowest BCUT2D eigenvalue weighted by Gasteiger charge is -2.14. The van der Waals surface area contributed by atoms with Crippen LogP contribution in [0.4, 0.5) is 0 Å². The smallest absolute Gasteiger partial charge is 0.126 e. The van der Waals surface area contributed by atoms with Crippen LogP contribution in [-0.4, -0.2) is 38.4 Å². The van der Waals surface area contributed by atoms with Gasteiger partial charge in [-0.3, -0.25) is 0 Å². The Kier molecular flexibility index (Phi) is 9.54. The van der Waals surface area contributed by atoms with E-state index in [-0.39, 0.29) is 0 Å². The third-order valence-electron chi connectivity index (χ3n) is 2.98. The number of ether oxygens (including phenoxy) is 2. The summed E-state index contributed by atoms with van der Waals surface area (Å²) in [6, 6.07) is 6.32. The molecule has 1 N–H and O–H groups in total. The highest BCUT2D eigenvalue weighted by molar-refractivity contribution is 7.99. The molecule has 0 amide bonds. The first kappa shape index (κ1) is 17.3. The molecular weight excluding hydrogens is 270 g/mol. The van der Waals surface area contributed by atoms with Crippen LogP contribution >= 0.6 is 11.8 Å². The summed E-state index contributed by atoms with van der Waals surface area (Å²) < 4.78 is 11.0. The molecule has 0 bridgehead atoms. The number of aryl methyl sites for hydroxylation is 1. The maximum absolute atomic E-state index is 5.99. The van der Waals surface area contributed by atoms with Gasteiger partial charge in [-0.2, -0.15) is 11.8 Å². The Morgan fingerprint density at radius 2 is 2.10 bits per heavy atom. The van der Waals surface area contributed by atoms with Gasteiger partial charge in [0.15, 0.2) is 0 Å². The lowest BCUT2D eigenvalue weighted by Crippen LogP contribution is -2.19. The number of thioether (sulfide) groups is 1. The number of para-hydroxylation sites is 1. The van der Waals surface area contributed by atoms with E-state index in [1.165, 1.54) is 22.6 Å². The average molecular weight is 297 g/mol. The minimum absolute atomic E-state index is 0.732. The maximum atomic E-state index is 5.99. The van der Waals surface area contributed by atoms with Crippen molar-refractivity contribution in [2.45, 2.75) is 26.8 Å². The molecule has 0 heterocycles. The molecule has 0 aliphatic heterocycles. The van der Waals surface area contributed by atoms with Crippen molar-refractivity contribution < 1.29 is 9.47 Å². The fourth-order valence-electron chi connectivity index (χ4n) is 1.94. The van der Waals surface area contributed by atoms with Crippen molar-refractivity contribution in [1.29, 1.82) is 0 Å². The van der Waals surface area contributed by atoms with Gasteiger partial charge in [-0.25, -0.2) is 0 Å². The van der Waals surface area contributed by atoms with Gasteiger partial charge in [0.05, 0.1) is 13.2 Å². The number of rotatable bonds is 11. The molecule has 0 aliphatic rings. The Balaban J connectivity index is 2.45. The molecule has 1 rings (SSSR count). The zero-order chi connectivity index (χ0) is 14.6. The van der Waals surface area contributed by atoms with E-state index < -0.39 is 0 Å². The molecule has 1 aromatic rings. The van der Waals surface area contributed by atoms with Crippen molar-refractivity contribution in [3.8, 4) is 5.75 Å². The summed E-state index contributed by atoms with van der Waals surface area (Å²) in [4.78, 5) is 0. The van der Waals surface area contributed by atoms with E-state index >= 15 is 0 Å². The van der Waals surface area contributed by atoms with Crippen LogP contribution in [0.25, 0.3) is 0 Å². The molecule has 0 aliphatic carbocycles. The number of hydrogen-bond acceptors (Lipinski definition) is 4. The Bertz CT molecular complexity index is 371. The molecule has 3 nitrogen and oxygen atoms in total. The molecule has 0 atom stereocenters. The number of hydrogen-bond donors (Lipinski definition) is 1. The van der Waals surface area contributed by atoms with Crippen LogP contribution in [0.15, 0.2) is 18.2 Å². The van der Waals surface area contributed by atoms with Gasteiger partial charge in [-0.05, 0) is 30.4 Å². The first-order valence-electron chi connectivity index (χ1n) is 7.28. The monoisotopic (exact) mass is 297 g/mol. The van der Waals surface area contributed by atoms with E-state index in [1.54, 1.807) is 7.11 Å². The quantitative estimate of drug-likeness (QED) is 0.635. The van der Waals surface area contributed by atoms with Crippen LogP contribution < -0.4 is 10.1 Å². The Morgan fingerprint density at radius 3 is 2.85 bits per heavy atom. The standard InChI is InChI=1S/C16H27NO2S/c1-4-20-12-6-10-19-16-14(2)7-5-8-15(16)13-17-9-11-18-3/h5,7-8,17H,4,6,9-13H2,1-3H3. The lowest BCUT2D eigenvalue weighted by atomic mass is 10.1. The molecule has 0 spiro atoms. The van der Waals surface area contributed by atoms with Crippen molar-refractivity contribution >= 4 is 11.8 Å². The van der Waals surface area contributed by atoms with Gasteiger partial charge < -0.3 is 14.8 Å². The third kappa shape index (κ3) is 6.64. The van der Waals surface area contributed by atoms with E-state index in [9.17, 15) is 0 Å². The van der Waals surface area contributed by atoms with Crippen molar-refractivity contribution in [1.82, 2.24) is 5.32 Å². The fraction of sp³-hybridized carbons (Fsp3) is 0.625. The molecule has 0 unspecified atom stereocenters. The predicted molar refractivity (Wildman–Crippen MR) is 87.9 cm³/mol. The maximum Gasteiger partial charge on any atom is 0.126 e. The number of benzene rings is 1. The number of methoxy groups -OCH3 is 1. The van der Waals surface area contributed by atoms with Gasteiger partial charge in [0, 0.05) is 25.8 Å². The zero-order valence-electron chi connectivity index (χ0n) is 12.9. The van der Waals surface area contributed by atoms with E-state index in [0.717, 1.165) is 38.5 Å². The second-order valence-corrected chi connectivity index (χ2v) is 6.03. The summed E-state index contributed by atoms with van der Waals surface area (Å²) in [5.74, 6) is 3.39. The first-order valence-corrected chi connectivity index (χ1v) is 8.43. The Hall–Kier alpha value is -0.710. The summed E-state index contributed by atoms with van der Waals surface area (Å²) in [5.41, 5.74) is 2.43. The van der Waals surface area contributed by atoms with Gasteiger partial charge in [0.2, 0.25) is 0 Å². The zero-order valence-corrected chi connectivity index (χ0v) is 13.7. The molecule has 0 aromatic heterocycles. The predicted octanol–water partition coefficient (Wildman–Crippen LogP) is 3.25. The molecule has 0 fully saturated rings. The van der Waals surface area contributed by atoms with E-state index in [2.05, 4.69) is 37.4 Å². The highest BCUT2D eigenvalue weighted by Crippen LogP contribution is 2.23. The minimum atomic E-state index is 0.732. The third-order valence-corrected chi connectivity index (χ3v) is 3.96. The van der Waals surface area contributed by atoms with Crippen LogP contribution in [-0.2, 0) is 11.3 Å². The molecule has 0 saturated heterocycles. The van der Waals surface area contributed by atoms with Crippen molar-refractivity contribution in [2.24, 2.45) is 0 Å². The van der Waals surface area contributed by atoms with E-state index in [4.69, 9.17) is 9.47 Å². The van der Waals surface area contributed by atoms with Gasteiger partial charge >= 0.3 is 0 Å². The second kappa shape index (κ2) is 11.0. The van der Waals surface area contributed by atoms with E-state index in [0.29, 0.717) is 0 Å². The molecule has 1 aromatic carbocycles. The molecule has 0 radical (unpaired) electrons. The van der Waals surface area contributed by atoms with Crippen LogP contribution in [0, 0.1) is 6.92 Å². The van der Waals surface area contributed by atoms with Crippen molar-refractivity contribution in [3.05, 3.63) is 29.3 Å². The summed E-state index contributed by atoms with van der Waals surface area (Å²) in [6.07, 6.45) is 1.10. The van der Waals surface area contributed by atoms with Gasteiger partial charge in [0.25, 0.3) is 0 Å². The van der Waals surface area contributed by atoms with Crippen molar-refractivity contribution in [2.75, 3.05) is 38.4 Å². The summed E-state index contributed by atoms with van der Waals surface area (Å²) >= 11 is 1.96. The SMILES string of the molecule is CCSCCCOc1c(C)cccc1CNCCOC. The van der Waals surface area contributed by atoms with Gasteiger partial charge in [-0.15, -0.1) is 0 Å². The minimum Gasteiger partial charge on any atom is -0.493 e. The summed E-state index contributed by atoms with van der Waals surface area (Å²) in [6.45, 7) is 7.51. The molecule has 114 valence electrons. The van der Waals surface area contributed by atoms with Gasteiger partial charge in [0.1, 0.15) is 5.75 Å². The van der Waals surface area contributed by atoms with Crippen LogP contribution in [0.1, 0.15) is 24.5 Å². The number of nitrogens with one attached hydrogen (secondary N) is 1. The Morgan fingerprint density at radius 1 is 1.25 bits per heavy atom. The molecule has 20 heavy (non-hydrogen) atoms. The summed E-state index contributed by atoms with van der Waals surface area (Å²) in [5, 5.41) is 3.37. The lowest BCUT2D eigenvalue weighted by molar-refractivity contribution is 0.199. The average Bonchev–Trinajstić information content (AvgIpc) is 2.45. The molecule has 0 saturated carbocycles. The summed E-state index contributed by atoms with van der Waals surface area (Å²) in [7, 11) is 1.72. The normalized spacial score (nSPS) is 10.8. The highest BCUT2D eigenvalue weighted by atomic mass is 32.2. The largest absolute Gasteiger partial charge is 0.493 e. The van der Waals surface area contributed by atoms with Crippen LogP contribution in [0.2, 0.25) is 0 Å². The van der Waals surface area contributed by atoms with Crippen LogP contribution in [0.3, 0.4) is 0 Å².